The van der Waals surface area contributed by atoms with E-state index in [2.05, 4.69) is 15.3 Å². The molecular formula is C22H14F6N4O2S. The number of halogens is 6. The van der Waals surface area contributed by atoms with Crippen LogP contribution in [0.4, 0.5) is 37.8 Å². The molecule has 1 aromatic carbocycles. The van der Waals surface area contributed by atoms with E-state index in [1.165, 1.54) is 19.2 Å². The number of carbonyl (C=O) groups excluding carboxylic acids is 1. The number of aromatic nitrogens is 2. The van der Waals surface area contributed by atoms with Crippen molar-refractivity contribution in [2.75, 3.05) is 18.2 Å². The first-order valence-corrected chi connectivity index (χ1v) is 10.5. The van der Waals surface area contributed by atoms with Gasteiger partial charge in [-0.15, -0.1) is 11.3 Å². The highest BCUT2D eigenvalue weighted by Crippen LogP contribution is 2.43. The van der Waals surface area contributed by atoms with Crippen molar-refractivity contribution in [3.8, 4) is 17.0 Å². The Morgan fingerprint density at radius 1 is 1.03 bits per heavy atom. The van der Waals surface area contributed by atoms with E-state index in [4.69, 9.17) is 10.5 Å². The summed E-state index contributed by atoms with van der Waals surface area (Å²) in [6, 6.07) is 8.67. The number of carbonyl (C=O) groups is 1. The maximum Gasteiger partial charge on any atom is 0.417 e. The molecule has 0 aliphatic heterocycles. The molecular weight excluding hydrogens is 498 g/mol. The number of ether oxygens (including phenoxy) is 1. The number of hydrogen-bond acceptors (Lipinski definition) is 6. The van der Waals surface area contributed by atoms with E-state index in [0.717, 1.165) is 12.1 Å². The molecule has 35 heavy (non-hydrogen) atoms. The monoisotopic (exact) mass is 512 g/mol. The molecule has 0 aliphatic rings. The number of nitrogens with zero attached hydrogens (tertiary/aromatic N) is 2. The summed E-state index contributed by atoms with van der Waals surface area (Å²) in [5.74, 6) is -0.665. The van der Waals surface area contributed by atoms with Crippen molar-refractivity contribution in [2.45, 2.75) is 12.4 Å². The van der Waals surface area contributed by atoms with Gasteiger partial charge in [-0.3, -0.25) is 4.79 Å². The van der Waals surface area contributed by atoms with Crippen LogP contribution < -0.4 is 15.8 Å². The lowest BCUT2D eigenvalue weighted by Gasteiger charge is -2.11. The molecule has 182 valence electrons. The Labute approximate surface area is 197 Å². The number of amides is 1. The van der Waals surface area contributed by atoms with E-state index in [1.807, 2.05) is 0 Å². The third-order valence-electron chi connectivity index (χ3n) is 4.93. The zero-order valence-corrected chi connectivity index (χ0v) is 18.4. The zero-order chi connectivity index (χ0) is 25.5. The van der Waals surface area contributed by atoms with Gasteiger partial charge in [0.05, 0.1) is 29.6 Å². The topological polar surface area (TPSA) is 90.1 Å². The van der Waals surface area contributed by atoms with Crippen molar-refractivity contribution in [2.24, 2.45) is 0 Å². The van der Waals surface area contributed by atoms with E-state index >= 15 is 0 Å². The molecule has 3 N–H and O–H groups in total. The largest absolute Gasteiger partial charge is 0.497 e. The SMILES string of the molecule is COc1ccc(-c2cc(C(F)(F)F)c3c(N)c(C(=O)Nc4ccc(C(F)(F)F)cn4)sc3n2)cc1. The van der Waals surface area contributed by atoms with Crippen LogP contribution in [0.3, 0.4) is 0 Å². The number of alkyl halides is 6. The van der Waals surface area contributed by atoms with Crippen LogP contribution in [0.1, 0.15) is 20.8 Å². The molecule has 0 aliphatic carbocycles. The number of nitrogens with two attached hydrogens (primary N) is 1. The molecule has 1 amide bonds. The fourth-order valence-corrected chi connectivity index (χ4v) is 4.25. The van der Waals surface area contributed by atoms with Gasteiger partial charge in [0, 0.05) is 17.1 Å². The van der Waals surface area contributed by atoms with Crippen LogP contribution in [-0.4, -0.2) is 23.0 Å². The highest BCUT2D eigenvalue weighted by atomic mass is 32.1. The highest BCUT2D eigenvalue weighted by molar-refractivity contribution is 7.21. The van der Waals surface area contributed by atoms with Gasteiger partial charge in [-0.05, 0) is 42.5 Å². The Bertz CT molecular complexity index is 1400. The second-order valence-electron chi connectivity index (χ2n) is 7.19. The summed E-state index contributed by atoms with van der Waals surface area (Å²) in [4.78, 5) is 20.1. The second kappa shape index (κ2) is 8.73. The predicted molar refractivity (Wildman–Crippen MR) is 118 cm³/mol. The molecule has 3 aromatic heterocycles. The van der Waals surface area contributed by atoms with E-state index in [1.54, 1.807) is 12.1 Å². The number of rotatable bonds is 4. The van der Waals surface area contributed by atoms with E-state index < -0.39 is 40.5 Å². The van der Waals surface area contributed by atoms with Gasteiger partial charge in [-0.2, -0.15) is 26.3 Å². The Hall–Kier alpha value is -3.87. The van der Waals surface area contributed by atoms with Crippen LogP contribution in [0.15, 0.2) is 48.7 Å². The quantitative estimate of drug-likeness (QED) is 0.316. The molecule has 4 rings (SSSR count). The minimum absolute atomic E-state index is 0.00472. The predicted octanol–water partition coefficient (Wildman–Crippen LogP) is 6.24. The van der Waals surface area contributed by atoms with E-state index in [9.17, 15) is 31.1 Å². The number of fused-ring (bicyclic) bond motifs is 1. The lowest BCUT2D eigenvalue weighted by molar-refractivity contribution is -0.138. The van der Waals surface area contributed by atoms with Crippen LogP contribution in [0.25, 0.3) is 21.5 Å². The zero-order valence-electron chi connectivity index (χ0n) is 17.6. The summed E-state index contributed by atoms with van der Waals surface area (Å²) in [6.07, 6.45) is -8.90. The number of methoxy groups -OCH3 is 1. The third-order valence-corrected chi connectivity index (χ3v) is 6.03. The number of benzene rings is 1. The average Bonchev–Trinajstić information content (AvgIpc) is 3.14. The summed E-state index contributed by atoms with van der Waals surface area (Å²) in [7, 11) is 1.45. The molecule has 6 nitrogen and oxygen atoms in total. The van der Waals surface area contributed by atoms with Gasteiger partial charge in [0.2, 0.25) is 0 Å². The Morgan fingerprint density at radius 2 is 1.71 bits per heavy atom. The van der Waals surface area contributed by atoms with Gasteiger partial charge >= 0.3 is 12.4 Å². The fraction of sp³-hybridized carbons (Fsp3) is 0.136. The molecule has 0 saturated carbocycles. The molecule has 3 heterocycles. The van der Waals surface area contributed by atoms with E-state index in [-0.39, 0.29) is 21.2 Å². The molecule has 0 unspecified atom stereocenters. The second-order valence-corrected chi connectivity index (χ2v) is 8.19. The summed E-state index contributed by atoms with van der Waals surface area (Å²) < 4.78 is 84.9. The van der Waals surface area contributed by atoms with Crippen LogP contribution in [-0.2, 0) is 12.4 Å². The first kappa shape index (κ1) is 24.3. The van der Waals surface area contributed by atoms with Gasteiger partial charge < -0.3 is 15.8 Å². The van der Waals surface area contributed by atoms with Gasteiger partial charge in [0.25, 0.3) is 5.91 Å². The number of anilines is 2. The molecule has 0 fully saturated rings. The summed E-state index contributed by atoms with van der Waals surface area (Å²) in [5.41, 5.74) is 3.76. The van der Waals surface area contributed by atoms with Gasteiger partial charge in [-0.1, -0.05) is 0 Å². The van der Waals surface area contributed by atoms with Crippen molar-refractivity contribution >= 4 is 39.0 Å². The number of thiophene rings is 1. The summed E-state index contributed by atoms with van der Waals surface area (Å²) in [6.45, 7) is 0. The summed E-state index contributed by atoms with van der Waals surface area (Å²) >= 11 is 0.625. The van der Waals surface area contributed by atoms with Gasteiger partial charge in [0.15, 0.2) is 0 Å². The maximum absolute atomic E-state index is 13.9. The fourth-order valence-electron chi connectivity index (χ4n) is 3.23. The smallest absolute Gasteiger partial charge is 0.417 e. The number of hydrogen-bond donors (Lipinski definition) is 2. The molecule has 0 bridgehead atoms. The Balaban J connectivity index is 1.75. The minimum atomic E-state index is -4.81. The molecule has 4 aromatic rings. The lowest BCUT2D eigenvalue weighted by atomic mass is 10.1. The molecule has 0 spiro atoms. The Morgan fingerprint density at radius 3 is 2.26 bits per heavy atom. The maximum atomic E-state index is 13.9. The van der Waals surface area contributed by atoms with Crippen LogP contribution in [0.2, 0.25) is 0 Å². The van der Waals surface area contributed by atoms with E-state index in [0.29, 0.717) is 34.9 Å². The van der Waals surface area contributed by atoms with Crippen molar-refractivity contribution in [3.63, 3.8) is 0 Å². The van der Waals surface area contributed by atoms with Gasteiger partial charge in [-0.25, -0.2) is 9.97 Å². The first-order valence-electron chi connectivity index (χ1n) is 9.67. The molecule has 0 saturated heterocycles. The van der Waals surface area contributed by atoms with Crippen LogP contribution in [0, 0.1) is 0 Å². The molecule has 13 heteroatoms. The lowest BCUT2D eigenvalue weighted by Crippen LogP contribution is -2.14. The normalized spacial score (nSPS) is 12.1. The average molecular weight is 512 g/mol. The van der Waals surface area contributed by atoms with Gasteiger partial charge in [0.1, 0.15) is 21.3 Å². The van der Waals surface area contributed by atoms with Crippen LogP contribution >= 0.6 is 11.3 Å². The van der Waals surface area contributed by atoms with Crippen molar-refractivity contribution < 1.29 is 35.9 Å². The standard InChI is InChI=1S/C22H14F6N4O2S/c1-34-12-5-2-10(3-6-12)14-8-13(22(26,27)28)16-17(29)18(35-20(16)31-14)19(33)32-15-7-4-11(9-30-15)21(23,24)25/h2-9H,29H2,1H3,(H,30,32,33). The number of nitrogen functional groups attached to an aromatic ring is 1. The van der Waals surface area contributed by atoms with Crippen molar-refractivity contribution in [3.05, 3.63) is 64.7 Å². The minimum Gasteiger partial charge on any atom is -0.497 e. The van der Waals surface area contributed by atoms with Crippen molar-refractivity contribution in [1.82, 2.24) is 9.97 Å². The third kappa shape index (κ3) is 4.85. The number of pyridine rings is 2. The molecule has 0 radical (unpaired) electrons. The highest BCUT2D eigenvalue weighted by Gasteiger charge is 2.36. The number of nitrogens with one attached hydrogen (secondary N) is 1. The first-order chi connectivity index (χ1) is 16.4. The summed E-state index contributed by atoms with van der Waals surface area (Å²) in [5, 5.41) is 1.81. The Kier molecular flexibility index (Phi) is 6.05. The molecule has 0 atom stereocenters. The van der Waals surface area contributed by atoms with Crippen molar-refractivity contribution in [1.29, 1.82) is 0 Å². The van der Waals surface area contributed by atoms with Crippen LogP contribution in [0.5, 0.6) is 5.75 Å².